The van der Waals surface area contributed by atoms with Crippen molar-refractivity contribution in [1.82, 2.24) is 15.6 Å². The first-order valence-electron chi connectivity index (χ1n) is 7.18. The summed E-state index contributed by atoms with van der Waals surface area (Å²) in [5.41, 5.74) is 5.75. The molecule has 1 heterocycles. The number of carbonyl (C=O) groups excluding carboxylic acids is 2. The van der Waals surface area contributed by atoms with Gasteiger partial charge in [-0.2, -0.15) is 0 Å². The van der Waals surface area contributed by atoms with Gasteiger partial charge < -0.3 is 21.7 Å². The molecule has 0 aliphatic heterocycles. The minimum absolute atomic E-state index is 0.0643. The van der Waals surface area contributed by atoms with Gasteiger partial charge in [-0.1, -0.05) is 18.3 Å². The lowest BCUT2D eigenvalue weighted by molar-refractivity contribution is -0.120. The second-order valence-corrected chi connectivity index (χ2v) is 6.01. The SMILES string of the molecule is CCCNC(=O)CCNC(=O)c1sc(NC2CC2)nc1N. The van der Waals surface area contributed by atoms with E-state index in [-0.39, 0.29) is 30.6 Å². The third-order valence-corrected chi connectivity index (χ3v) is 3.98. The van der Waals surface area contributed by atoms with Gasteiger partial charge in [0.1, 0.15) is 10.7 Å². The van der Waals surface area contributed by atoms with Crippen molar-refractivity contribution < 1.29 is 9.59 Å². The van der Waals surface area contributed by atoms with Crippen molar-refractivity contribution in [3.63, 3.8) is 0 Å². The molecule has 1 aromatic rings. The van der Waals surface area contributed by atoms with Crippen LogP contribution in [0.5, 0.6) is 0 Å². The van der Waals surface area contributed by atoms with Gasteiger partial charge in [-0.25, -0.2) is 4.98 Å². The Bertz CT molecular complexity index is 513. The van der Waals surface area contributed by atoms with E-state index in [4.69, 9.17) is 5.73 Å². The lowest BCUT2D eigenvalue weighted by atomic mass is 10.3. The maximum absolute atomic E-state index is 12.0. The van der Waals surface area contributed by atoms with Gasteiger partial charge in [0.15, 0.2) is 5.13 Å². The molecule has 0 spiro atoms. The van der Waals surface area contributed by atoms with E-state index in [9.17, 15) is 9.59 Å². The molecule has 0 unspecified atom stereocenters. The van der Waals surface area contributed by atoms with Crippen LogP contribution in [-0.2, 0) is 4.79 Å². The Labute approximate surface area is 127 Å². The normalized spacial score (nSPS) is 13.8. The molecule has 5 N–H and O–H groups in total. The van der Waals surface area contributed by atoms with Crippen LogP contribution in [0.4, 0.5) is 10.9 Å². The highest BCUT2D eigenvalue weighted by molar-refractivity contribution is 7.18. The topological polar surface area (TPSA) is 109 Å². The van der Waals surface area contributed by atoms with E-state index in [2.05, 4.69) is 20.9 Å². The molecule has 1 aliphatic carbocycles. The largest absolute Gasteiger partial charge is 0.382 e. The van der Waals surface area contributed by atoms with Gasteiger partial charge in [0.2, 0.25) is 5.91 Å². The Hall–Kier alpha value is -1.83. The molecule has 0 saturated heterocycles. The first kappa shape index (κ1) is 15.6. The zero-order chi connectivity index (χ0) is 15.2. The molecule has 8 heteroatoms. The predicted octanol–water partition coefficient (Wildman–Crippen LogP) is 0.946. The molecule has 1 fully saturated rings. The molecule has 1 aromatic heterocycles. The van der Waals surface area contributed by atoms with Gasteiger partial charge >= 0.3 is 0 Å². The number of thiazole rings is 1. The monoisotopic (exact) mass is 311 g/mol. The molecule has 0 radical (unpaired) electrons. The van der Waals surface area contributed by atoms with E-state index in [1.54, 1.807) is 0 Å². The third kappa shape index (κ3) is 4.89. The molecule has 7 nitrogen and oxygen atoms in total. The molecule has 21 heavy (non-hydrogen) atoms. The van der Waals surface area contributed by atoms with Gasteiger partial charge in [-0.3, -0.25) is 9.59 Å². The number of anilines is 2. The van der Waals surface area contributed by atoms with E-state index >= 15 is 0 Å². The summed E-state index contributed by atoms with van der Waals surface area (Å²) in [6.45, 7) is 2.93. The minimum atomic E-state index is -0.280. The number of amides is 2. The van der Waals surface area contributed by atoms with Crippen LogP contribution in [0.2, 0.25) is 0 Å². The van der Waals surface area contributed by atoms with Crippen LogP contribution in [0.1, 0.15) is 42.3 Å². The number of hydrogen-bond donors (Lipinski definition) is 4. The van der Waals surface area contributed by atoms with Crippen molar-refractivity contribution in [3.05, 3.63) is 4.88 Å². The van der Waals surface area contributed by atoms with Crippen LogP contribution in [0, 0.1) is 0 Å². The van der Waals surface area contributed by atoms with Crippen molar-refractivity contribution in [3.8, 4) is 0 Å². The van der Waals surface area contributed by atoms with E-state index < -0.39 is 0 Å². The number of carbonyl (C=O) groups is 2. The zero-order valence-electron chi connectivity index (χ0n) is 12.1. The molecular weight excluding hydrogens is 290 g/mol. The average Bonchev–Trinajstić information content (AvgIpc) is 3.18. The molecule has 116 valence electrons. The Kier molecular flexibility index (Phi) is 5.38. The molecule has 0 atom stereocenters. The molecule has 1 saturated carbocycles. The number of nitrogens with two attached hydrogens (primary N) is 1. The zero-order valence-corrected chi connectivity index (χ0v) is 12.9. The summed E-state index contributed by atoms with van der Waals surface area (Å²) in [5, 5.41) is 9.34. The molecule has 0 aromatic carbocycles. The van der Waals surface area contributed by atoms with E-state index in [1.807, 2.05) is 6.92 Å². The lowest BCUT2D eigenvalue weighted by Crippen LogP contribution is -2.31. The van der Waals surface area contributed by atoms with Gasteiger partial charge in [0, 0.05) is 25.6 Å². The third-order valence-electron chi connectivity index (χ3n) is 2.97. The average molecular weight is 311 g/mol. The van der Waals surface area contributed by atoms with Gasteiger partial charge in [0.25, 0.3) is 5.91 Å². The second kappa shape index (κ2) is 7.26. The summed E-state index contributed by atoms with van der Waals surface area (Å²) >= 11 is 1.25. The second-order valence-electron chi connectivity index (χ2n) is 5.01. The Morgan fingerprint density at radius 3 is 2.76 bits per heavy atom. The molecular formula is C13H21N5O2S. The summed E-state index contributed by atoms with van der Waals surface area (Å²) in [4.78, 5) is 27.9. The van der Waals surface area contributed by atoms with E-state index in [0.29, 0.717) is 22.6 Å². The van der Waals surface area contributed by atoms with Crippen LogP contribution >= 0.6 is 11.3 Å². The molecule has 0 bridgehead atoms. The minimum Gasteiger partial charge on any atom is -0.382 e. The van der Waals surface area contributed by atoms with Crippen LogP contribution in [0.15, 0.2) is 0 Å². The molecule has 1 aliphatic rings. The van der Waals surface area contributed by atoms with Crippen molar-refractivity contribution in [2.75, 3.05) is 24.1 Å². The number of nitrogens with zero attached hydrogens (tertiary/aromatic N) is 1. The fraction of sp³-hybridized carbons (Fsp3) is 0.615. The highest BCUT2D eigenvalue weighted by Crippen LogP contribution is 2.30. The summed E-state index contributed by atoms with van der Waals surface area (Å²) < 4.78 is 0. The van der Waals surface area contributed by atoms with Crippen molar-refractivity contribution in [2.24, 2.45) is 0 Å². The van der Waals surface area contributed by atoms with E-state index in [0.717, 1.165) is 19.3 Å². The van der Waals surface area contributed by atoms with Crippen LogP contribution < -0.4 is 21.7 Å². The highest BCUT2D eigenvalue weighted by Gasteiger charge is 2.24. The molecule has 2 amide bonds. The van der Waals surface area contributed by atoms with Gasteiger partial charge in [-0.15, -0.1) is 0 Å². The van der Waals surface area contributed by atoms with Crippen LogP contribution in [-0.4, -0.2) is 35.9 Å². The predicted molar refractivity (Wildman–Crippen MR) is 83.4 cm³/mol. The summed E-state index contributed by atoms with van der Waals surface area (Å²) in [6, 6.07) is 0.466. The van der Waals surface area contributed by atoms with Crippen molar-refractivity contribution in [2.45, 2.75) is 38.6 Å². The summed E-state index contributed by atoms with van der Waals surface area (Å²) in [6.07, 6.45) is 3.42. The number of nitrogen functional groups attached to an aromatic ring is 1. The molecule has 2 rings (SSSR count). The Morgan fingerprint density at radius 2 is 2.10 bits per heavy atom. The van der Waals surface area contributed by atoms with Gasteiger partial charge in [-0.05, 0) is 19.3 Å². The summed E-state index contributed by atoms with van der Waals surface area (Å²) in [7, 11) is 0. The van der Waals surface area contributed by atoms with Crippen LogP contribution in [0.25, 0.3) is 0 Å². The van der Waals surface area contributed by atoms with Gasteiger partial charge in [0.05, 0.1) is 0 Å². The maximum atomic E-state index is 12.0. The lowest BCUT2D eigenvalue weighted by Gasteiger charge is -2.05. The number of hydrogen-bond acceptors (Lipinski definition) is 6. The van der Waals surface area contributed by atoms with Crippen LogP contribution in [0.3, 0.4) is 0 Å². The number of nitrogens with one attached hydrogen (secondary N) is 3. The quantitative estimate of drug-likeness (QED) is 0.571. The Balaban J connectivity index is 1.77. The first-order valence-corrected chi connectivity index (χ1v) is 7.99. The highest BCUT2D eigenvalue weighted by atomic mass is 32.1. The number of rotatable bonds is 8. The Morgan fingerprint density at radius 1 is 1.33 bits per heavy atom. The fourth-order valence-electron chi connectivity index (χ4n) is 1.68. The smallest absolute Gasteiger partial charge is 0.265 e. The van der Waals surface area contributed by atoms with E-state index in [1.165, 1.54) is 11.3 Å². The fourth-order valence-corrected chi connectivity index (χ4v) is 2.56. The number of aromatic nitrogens is 1. The maximum Gasteiger partial charge on any atom is 0.265 e. The standard InChI is InChI=1S/C13H21N5O2S/c1-2-6-15-9(19)5-7-16-12(20)10-11(14)18-13(21-10)17-8-3-4-8/h8H,2-7,14H2,1H3,(H,15,19)(H,16,20)(H,17,18). The summed E-state index contributed by atoms with van der Waals surface area (Å²) in [5.74, 6) is -0.112. The first-order chi connectivity index (χ1) is 10.1. The van der Waals surface area contributed by atoms with Crippen molar-refractivity contribution in [1.29, 1.82) is 0 Å². The van der Waals surface area contributed by atoms with Crippen molar-refractivity contribution >= 4 is 34.1 Å².